The summed E-state index contributed by atoms with van der Waals surface area (Å²) in [6.45, 7) is 2.82. The van der Waals surface area contributed by atoms with Gasteiger partial charge in [0, 0.05) is 12.6 Å². The second-order valence-corrected chi connectivity index (χ2v) is 4.65. The minimum absolute atomic E-state index is 0.0768. The molecule has 0 spiro atoms. The van der Waals surface area contributed by atoms with Crippen molar-refractivity contribution in [2.75, 3.05) is 11.9 Å². The van der Waals surface area contributed by atoms with E-state index in [0.29, 0.717) is 24.1 Å². The molecule has 2 N–H and O–H groups in total. The number of rotatable bonds is 5. The largest absolute Gasteiger partial charge is 0.478 e. The zero-order valence-corrected chi connectivity index (χ0v) is 9.92. The molecule has 6 nitrogen and oxygen atoms in total. The first-order chi connectivity index (χ1) is 8.49. The number of benzene rings is 1. The summed E-state index contributed by atoms with van der Waals surface area (Å²) in [4.78, 5) is 21.1. The van der Waals surface area contributed by atoms with Crippen LogP contribution in [-0.4, -0.2) is 22.5 Å². The molecule has 0 saturated heterocycles. The molecule has 1 aromatic rings. The molecule has 18 heavy (non-hydrogen) atoms. The summed E-state index contributed by atoms with van der Waals surface area (Å²) in [5.41, 5.74) is 0.111. The Kier molecular flexibility index (Phi) is 3.18. The quantitative estimate of drug-likeness (QED) is 0.618. The van der Waals surface area contributed by atoms with Crippen molar-refractivity contribution >= 4 is 17.3 Å². The highest BCUT2D eigenvalue weighted by Gasteiger charge is 2.32. The van der Waals surface area contributed by atoms with E-state index in [1.807, 2.05) is 0 Å². The van der Waals surface area contributed by atoms with Gasteiger partial charge in [0.2, 0.25) is 0 Å². The molecule has 0 aliphatic heterocycles. The molecule has 1 saturated carbocycles. The number of nitrogens with one attached hydrogen (secondary N) is 1. The van der Waals surface area contributed by atoms with Crippen molar-refractivity contribution < 1.29 is 14.8 Å². The van der Waals surface area contributed by atoms with E-state index in [9.17, 15) is 14.9 Å². The second-order valence-electron chi connectivity index (χ2n) is 4.65. The Morgan fingerprint density at radius 1 is 1.61 bits per heavy atom. The zero-order chi connectivity index (χ0) is 13.3. The summed E-state index contributed by atoms with van der Waals surface area (Å²) in [6.07, 6.45) is 1.13. The number of hydrogen-bond acceptors (Lipinski definition) is 4. The van der Waals surface area contributed by atoms with Crippen LogP contribution in [0.5, 0.6) is 0 Å². The number of nitro groups is 1. The third-order valence-electron chi connectivity index (χ3n) is 3.27. The van der Waals surface area contributed by atoms with Gasteiger partial charge in [-0.3, -0.25) is 10.1 Å². The van der Waals surface area contributed by atoms with Gasteiger partial charge < -0.3 is 10.4 Å². The fourth-order valence-corrected chi connectivity index (χ4v) is 1.89. The van der Waals surface area contributed by atoms with Gasteiger partial charge in [-0.2, -0.15) is 0 Å². The van der Waals surface area contributed by atoms with Crippen molar-refractivity contribution in [1.29, 1.82) is 0 Å². The summed E-state index contributed by atoms with van der Waals surface area (Å²) >= 11 is 0. The predicted molar refractivity (Wildman–Crippen MR) is 65.8 cm³/mol. The molecule has 6 heteroatoms. The molecular weight excluding hydrogens is 236 g/mol. The van der Waals surface area contributed by atoms with Crippen LogP contribution in [0.25, 0.3) is 0 Å². The van der Waals surface area contributed by atoms with Gasteiger partial charge in [0.15, 0.2) is 0 Å². The smallest absolute Gasteiger partial charge is 0.335 e. The third kappa shape index (κ3) is 2.58. The van der Waals surface area contributed by atoms with Crippen LogP contribution < -0.4 is 5.32 Å². The summed E-state index contributed by atoms with van der Waals surface area (Å²) in [5, 5.41) is 22.7. The minimum atomic E-state index is -1.17. The Balaban J connectivity index is 2.17. The Morgan fingerprint density at radius 3 is 2.78 bits per heavy atom. The lowest BCUT2D eigenvalue weighted by molar-refractivity contribution is -0.384. The molecule has 2 atom stereocenters. The summed E-state index contributed by atoms with van der Waals surface area (Å²) in [5.74, 6) is 0.0547. The molecule has 0 bridgehead atoms. The SMILES string of the molecule is CC1CC1CNc1ccc(C(=O)O)cc1[N+](=O)[O-]. The van der Waals surface area contributed by atoms with Gasteiger partial charge in [-0.05, 0) is 30.4 Å². The number of anilines is 1. The van der Waals surface area contributed by atoms with Gasteiger partial charge in [0.05, 0.1) is 10.5 Å². The first-order valence-corrected chi connectivity index (χ1v) is 5.74. The number of nitrogens with zero attached hydrogens (tertiary/aromatic N) is 1. The highest BCUT2D eigenvalue weighted by atomic mass is 16.6. The highest BCUT2D eigenvalue weighted by molar-refractivity contribution is 5.89. The lowest BCUT2D eigenvalue weighted by atomic mass is 10.1. The van der Waals surface area contributed by atoms with Gasteiger partial charge >= 0.3 is 5.97 Å². The molecule has 1 aromatic carbocycles. The Morgan fingerprint density at radius 2 is 2.28 bits per heavy atom. The topological polar surface area (TPSA) is 92.5 Å². The van der Waals surface area contributed by atoms with Crippen LogP contribution in [0.4, 0.5) is 11.4 Å². The van der Waals surface area contributed by atoms with Gasteiger partial charge in [0.1, 0.15) is 5.69 Å². The van der Waals surface area contributed by atoms with E-state index in [0.717, 1.165) is 12.5 Å². The van der Waals surface area contributed by atoms with Crippen LogP contribution >= 0.6 is 0 Å². The maximum absolute atomic E-state index is 10.9. The van der Waals surface area contributed by atoms with Crippen LogP contribution in [0, 0.1) is 22.0 Å². The van der Waals surface area contributed by atoms with Crippen molar-refractivity contribution in [3.05, 3.63) is 33.9 Å². The molecule has 0 radical (unpaired) electrons. The molecule has 2 unspecified atom stereocenters. The highest BCUT2D eigenvalue weighted by Crippen LogP contribution is 2.38. The minimum Gasteiger partial charge on any atom is -0.478 e. The summed E-state index contributed by atoms with van der Waals surface area (Å²) < 4.78 is 0. The summed E-state index contributed by atoms with van der Waals surface area (Å²) in [7, 11) is 0. The molecule has 1 aliphatic rings. The van der Waals surface area contributed by atoms with Crippen molar-refractivity contribution in [3.63, 3.8) is 0 Å². The zero-order valence-electron chi connectivity index (χ0n) is 9.92. The van der Waals surface area contributed by atoms with E-state index in [1.165, 1.54) is 12.1 Å². The Hall–Kier alpha value is -2.11. The van der Waals surface area contributed by atoms with Crippen molar-refractivity contribution in [2.24, 2.45) is 11.8 Å². The maximum atomic E-state index is 10.9. The standard InChI is InChI=1S/C12H14N2O4/c1-7-4-9(7)6-13-10-3-2-8(12(15)16)5-11(10)14(17)18/h2-3,5,7,9,13H,4,6H2,1H3,(H,15,16). The van der Waals surface area contributed by atoms with Crippen LogP contribution in [-0.2, 0) is 0 Å². The molecule has 96 valence electrons. The number of carboxylic acid groups (broad SMARTS) is 1. The first-order valence-electron chi connectivity index (χ1n) is 5.74. The number of carbonyl (C=O) groups is 1. The van der Waals surface area contributed by atoms with Gasteiger partial charge in [0.25, 0.3) is 5.69 Å². The monoisotopic (exact) mass is 250 g/mol. The lowest BCUT2D eigenvalue weighted by Crippen LogP contribution is -2.08. The number of carboxylic acids is 1. The normalized spacial score (nSPS) is 21.4. The van der Waals surface area contributed by atoms with Gasteiger partial charge in [-0.25, -0.2) is 4.79 Å². The average molecular weight is 250 g/mol. The van der Waals surface area contributed by atoms with Crippen molar-refractivity contribution in [2.45, 2.75) is 13.3 Å². The van der Waals surface area contributed by atoms with Gasteiger partial charge in [-0.1, -0.05) is 6.92 Å². The number of aromatic carboxylic acids is 1. The first kappa shape index (κ1) is 12.3. The fraction of sp³-hybridized carbons (Fsp3) is 0.417. The number of nitro benzene ring substituents is 1. The molecule has 1 aliphatic carbocycles. The third-order valence-corrected chi connectivity index (χ3v) is 3.27. The van der Waals surface area contributed by atoms with E-state index in [2.05, 4.69) is 12.2 Å². The Labute approximate surface area is 104 Å². The van der Waals surface area contributed by atoms with E-state index in [-0.39, 0.29) is 11.3 Å². The molecule has 1 fully saturated rings. The van der Waals surface area contributed by atoms with E-state index >= 15 is 0 Å². The van der Waals surface area contributed by atoms with E-state index in [4.69, 9.17) is 5.11 Å². The summed E-state index contributed by atoms with van der Waals surface area (Å²) in [6, 6.07) is 3.91. The predicted octanol–water partition coefficient (Wildman–Crippen LogP) is 2.36. The van der Waals surface area contributed by atoms with Crippen LogP contribution in [0.15, 0.2) is 18.2 Å². The lowest BCUT2D eigenvalue weighted by Gasteiger charge is -2.07. The molecule has 2 rings (SSSR count). The Bertz CT molecular complexity index is 501. The maximum Gasteiger partial charge on any atom is 0.335 e. The molecule has 0 heterocycles. The van der Waals surface area contributed by atoms with Gasteiger partial charge in [-0.15, -0.1) is 0 Å². The van der Waals surface area contributed by atoms with Crippen molar-refractivity contribution in [1.82, 2.24) is 0 Å². The van der Waals surface area contributed by atoms with E-state index in [1.54, 1.807) is 0 Å². The number of hydrogen-bond donors (Lipinski definition) is 2. The fourth-order valence-electron chi connectivity index (χ4n) is 1.89. The second kappa shape index (κ2) is 4.64. The van der Waals surface area contributed by atoms with E-state index < -0.39 is 10.9 Å². The van der Waals surface area contributed by atoms with Crippen LogP contribution in [0.2, 0.25) is 0 Å². The molecule has 0 aromatic heterocycles. The van der Waals surface area contributed by atoms with Crippen LogP contribution in [0.1, 0.15) is 23.7 Å². The van der Waals surface area contributed by atoms with Crippen LogP contribution in [0.3, 0.4) is 0 Å². The average Bonchev–Trinajstić information content (AvgIpc) is 3.02. The molecule has 0 amide bonds. The molecular formula is C12H14N2O4. The van der Waals surface area contributed by atoms with Crippen molar-refractivity contribution in [3.8, 4) is 0 Å².